The van der Waals surface area contributed by atoms with Crippen LogP contribution in [0.25, 0.3) is 65.5 Å². The molecule has 1 saturated heterocycles. The molecule has 0 radical (unpaired) electrons. The Kier molecular flexibility index (Phi) is 5.26. The van der Waals surface area contributed by atoms with Gasteiger partial charge in [0, 0.05) is 22.7 Å². The van der Waals surface area contributed by atoms with Crippen LogP contribution in [0.1, 0.15) is 10.9 Å². The molecule has 7 aromatic rings. The van der Waals surface area contributed by atoms with Gasteiger partial charge in [0.05, 0.1) is 33.4 Å². The lowest BCUT2D eigenvalue weighted by Gasteiger charge is -2.13. The predicted molar refractivity (Wildman–Crippen MR) is 165 cm³/mol. The topological polar surface area (TPSA) is 64.7 Å². The molecule has 0 aliphatic carbocycles. The summed E-state index contributed by atoms with van der Waals surface area (Å²) in [6.07, 6.45) is 1.82. The highest BCUT2D eigenvalue weighted by Crippen LogP contribution is 2.51. The summed E-state index contributed by atoms with van der Waals surface area (Å²) in [5, 5.41) is 10.8. The Morgan fingerprint density at radius 1 is 0.590 bits per heavy atom. The van der Waals surface area contributed by atoms with Gasteiger partial charge in [-0.1, -0.05) is 60.7 Å². The molecule has 8 rings (SSSR count). The van der Waals surface area contributed by atoms with Crippen molar-refractivity contribution in [1.82, 2.24) is 15.0 Å². The molecule has 186 valence electrons. The van der Waals surface area contributed by atoms with Gasteiger partial charge in [0.1, 0.15) is 5.01 Å². The second-order valence-electron chi connectivity index (χ2n) is 9.78. The second-order valence-corrected chi connectivity index (χ2v) is 12.0. The minimum atomic E-state index is 0.162. The molecule has 4 heterocycles. The van der Waals surface area contributed by atoms with Gasteiger partial charge in [-0.3, -0.25) is 4.98 Å². The maximum absolute atomic E-state index is 6.07. The molecule has 6 heteroatoms. The Morgan fingerprint density at radius 2 is 1.18 bits per heavy atom. The average Bonchev–Trinajstić information content (AvgIpc) is 3.48. The number of aromatic nitrogens is 3. The number of thioether (sulfide) groups is 1. The molecule has 39 heavy (non-hydrogen) atoms. The molecule has 0 amide bonds. The van der Waals surface area contributed by atoms with Crippen molar-refractivity contribution in [2.45, 2.75) is 10.6 Å². The molecule has 0 spiro atoms. The molecule has 0 saturated carbocycles. The van der Waals surface area contributed by atoms with Crippen molar-refractivity contribution in [3.05, 3.63) is 114 Å². The first-order valence-electron chi connectivity index (χ1n) is 12.9. The summed E-state index contributed by atoms with van der Waals surface area (Å²) < 4.78 is 0. The number of nitrogens with two attached hydrogens (primary N) is 1. The zero-order valence-corrected chi connectivity index (χ0v) is 22.4. The van der Waals surface area contributed by atoms with Gasteiger partial charge in [0.15, 0.2) is 0 Å². The fourth-order valence-corrected chi connectivity index (χ4v) is 6.74. The fraction of sp³-hybridized carbons (Fsp3) is 0.0606. The van der Waals surface area contributed by atoms with Gasteiger partial charge in [0.2, 0.25) is 0 Å². The van der Waals surface area contributed by atoms with Crippen LogP contribution < -0.4 is 5.73 Å². The lowest BCUT2D eigenvalue weighted by molar-refractivity contribution is 0.947. The summed E-state index contributed by atoms with van der Waals surface area (Å²) in [7, 11) is 0. The van der Waals surface area contributed by atoms with E-state index in [-0.39, 0.29) is 5.37 Å². The highest BCUT2D eigenvalue weighted by molar-refractivity contribution is 8.07. The van der Waals surface area contributed by atoms with E-state index in [2.05, 4.69) is 96.0 Å². The molecular weight excluding hydrogens is 517 g/mol. The van der Waals surface area contributed by atoms with Crippen LogP contribution >= 0.6 is 23.1 Å². The Labute approximate surface area is 233 Å². The molecule has 2 N–H and O–H groups in total. The third-order valence-corrected chi connectivity index (χ3v) is 9.31. The molecular formula is C33H22N4S2. The standard InChI is InChI=1S/C33H22N4S2/c34-32-31(39-32)29-9-3-7-27(36-29)19-11-13-23-24-14-12-20(28-8-4-10-30(37-28)33-35-15-16-38-33)18-26(24)22-6-2-1-5-21(22)25(23)17-19/h1-18,31-32H,34H2. The van der Waals surface area contributed by atoms with E-state index < -0.39 is 0 Å². The first kappa shape index (κ1) is 22.8. The van der Waals surface area contributed by atoms with E-state index in [0.717, 1.165) is 38.9 Å². The van der Waals surface area contributed by atoms with Gasteiger partial charge >= 0.3 is 0 Å². The van der Waals surface area contributed by atoms with Gasteiger partial charge in [0.25, 0.3) is 0 Å². The molecule has 2 unspecified atom stereocenters. The fourth-order valence-electron chi connectivity index (χ4n) is 5.47. The van der Waals surface area contributed by atoms with Crippen molar-refractivity contribution in [3.8, 4) is 33.2 Å². The van der Waals surface area contributed by atoms with E-state index in [9.17, 15) is 0 Å². The third kappa shape index (κ3) is 3.91. The van der Waals surface area contributed by atoms with Gasteiger partial charge in [-0.15, -0.1) is 23.1 Å². The first-order chi connectivity index (χ1) is 19.2. The molecule has 0 bridgehead atoms. The summed E-state index contributed by atoms with van der Waals surface area (Å²) in [5.74, 6) is 0. The van der Waals surface area contributed by atoms with Gasteiger partial charge in [-0.25, -0.2) is 9.97 Å². The molecule has 2 atom stereocenters. The Balaban J connectivity index is 1.30. The number of pyridine rings is 2. The van der Waals surface area contributed by atoms with Crippen LogP contribution in [0.4, 0.5) is 0 Å². The van der Waals surface area contributed by atoms with Crippen LogP contribution in [0.15, 0.2) is 109 Å². The van der Waals surface area contributed by atoms with Crippen LogP contribution in [0.5, 0.6) is 0 Å². The highest BCUT2D eigenvalue weighted by Gasteiger charge is 2.37. The summed E-state index contributed by atoms with van der Waals surface area (Å²) in [6.45, 7) is 0. The van der Waals surface area contributed by atoms with E-state index in [0.29, 0.717) is 5.25 Å². The number of rotatable bonds is 4. The summed E-state index contributed by atoms with van der Waals surface area (Å²) in [4.78, 5) is 14.3. The van der Waals surface area contributed by atoms with Crippen LogP contribution in [0.3, 0.4) is 0 Å². The predicted octanol–water partition coefficient (Wildman–Crippen LogP) is 8.47. The van der Waals surface area contributed by atoms with E-state index in [1.807, 2.05) is 17.6 Å². The highest BCUT2D eigenvalue weighted by atomic mass is 32.2. The van der Waals surface area contributed by atoms with Crippen molar-refractivity contribution < 1.29 is 0 Å². The molecule has 1 aliphatic rings. The monoisotopic (exact) mass is 538 g/mol. The quantitative estimate of drug-likeness (QED) is 0.180. The summed E-state index contributed by atoms with van der Waals surface area (Å²) >= 11 is 3.37. The van der Waals surface area contributed by atoms with E-state index in [1.165, 1.54) is 32.3 Å². The lowest BCUT2D eigenvalue weighted by Crippen LogP contribution is -2.02. The molecule has 1 aliphatic heterocycles. The summed E-state index contributed by atoms with van der Waals surface area (Å²) in [5.41, 5.74) is 12.2. The average molecular weight is 539 g/mol. The van der Waals surface area contributed by atoms with Crippen LogP contribution in [-0.4, -0.2) is 20.3 Å². The van der Waals surface area contributed by atoms with E-state index in [4.69, 9.17) is 15.7 Å². The molecule has 3 aromatic heterocycles. The zero-order valence-electron chi connectivity index (χ0n) is 20.8. The van der Waals surface area contributed by atoms with E-state index in [1.54, 1.807) is 23.1 Å². The van der Waals surface area contributed by atoms with Crippen LogP contribution in [0, 0.1) is 0 Å². The zero-order chi connectivity index (χ0) is 25.9. The van der Waals surface area contributed by atoms with Gasteiger partial charge < -0.3 is 5.73 Å². The number of nitrogens with zero attached hydrogens (tertiary/aromatic N) is 3. The summed E-state index contributed by atoms with van der Waals surface area (Å²) in [6, 6.07) is 34.5. The minimum absolute atomic E-state index is 0.162. The van der Waals surface area contributed by atoms with Crippen LogP contribution in [0.2, 0.25) is 0 Å². The van der Waals surface area contributed by atoms with Crippen molar-refractivity contribution in [1.29, 1.82) is 0 Å². The van der Waals surface area contributed by atoms with Crippen molar-refractivity contribution in [3.63, 3.8) is 0 Å². The minimum Gasteiger partial charge on any atom is -0.318 e. The number of benzene rings is 4. The third-order valence-electron chi connectivity index (χ3n) is 7.42. The largest absolute Gasteiger partial charge is 0.318 e. The number of hydrogen-bond acceptors (Lipinski definition) is 6. The van der Waals surface area contributed by atoms with Crippen molar-refractivity contribution >= 4 is 55.4 Å². The van der Waals surface area contributed by atoms with Gasteiger partial charge in [-0.05, 0) is 68.7 Å². The number of fused-ring (bicyclic) bond motifs is 6. The maximum Gasteiger partial charge on any atom is 0.141 e. The first-order valence-corrected chi connectivity index (χ1v) is 14.7. The van der Waals surface area contributed by atoms with Crippen LogP contribution in [-0.2, 0) is 0 Å². The number of thiazole rings is 1. The normalized spacial score (nSPS) is 16.7. The van der Waals surface area contributed by atoms with Gasteiger partial charge in [-0.2, -0.15) is 0 Å². The van der Waals surface area contributed by atoms with Crippen molar-refractivity contribution in [2.24, 2.45) is 5.73 Å². The molecule has 1 fully saturated rings. The Bertz CT molecular complexity index is 2010. The number of hydrogen-bond donors (Lipinski definition) is 1. The molecule has 4 aromatic carbocycles. The lowest BCUT2D eigenvalue weighted by atomic mass is 9.91. The smallest absolute Gasteiger partial charge is 0.141 e. The van der Waals surface area contributed by atoms with Crippen molar-refractivity contribution in [2.75, 3.05) is 0 Å². The Hall–Kier alpha value is -4.10. The Morgan fingerprint density at radius 3 is 1.79 bits per heavy atom. The maximum atomic E-state index is 6.07. The van der Waals surface area contributed by atoms with E-state index >= 15 is 0 Å². The SMILES string of the molecule is NC1SC1c1cccc(-c2ccc3c4ccc(-c5cccc(-c6nccs6)n5)cc4c4ccccc4c3c2)n1. The molecule has 4 nitrogen and oxygen atoms in total. The second kappa shape index (κ2) is 8.99.